The zero-order valence-corrected chi connectivity index (χ0v) is 9.53. The number of thiazole rings is 1. The van der Waals surface area contributed by atoms with Crippen LogP contribution >= 0.6 is 11.3 Å². The molecule has 0 N–H and O–H groups in total. The third-order valence-corrected chi connectivity index (χ3v) is 2.85. The van der Waals surface area contributed by atoms with Crippen molar-refractivity contribution in [3.8, 4) is 11.4 Å². The molecule has 0 aliphatic heterocycles. The topological polar surface area (TPSA) is 52.1 Å². The molecule has 0 saturated heterocycles. The van der Waals surface area contributed by atoms with E-state index in [0.717, 1.165) is 16.4 Å². The predicted octanol–water partition coefficient (Wildman–Crippen LogP) is 1.92. The summed E-state index contributed by atoms with van der Waals surface area (Å²) in [5, 5.41) is 2.63. The Morgan fingerprint density at radius 2 is 2.31 bits per heavy atom. The minimum Gasteiger partial charge on any atom is -0.469 e. The predicted molar refractivity (Wildman–Crippen MR) is 61.1 cm³/mol. The van der Waals surface area contributed by atoms with Crippen LogP contribution in [0.3, 0.4) is 0 Å². The molecule has 2 rings (SSSR count). The van der Waals surface area contributed by atoms with Gasteiger partial charge in [-0.2, -0.15) is 0 Å². The van der Waals surface area contributed by atoms with Crippen LogP contribution in [0.15, 0.2) is 29.8 Å². The molecule has 0 atom stereocenters. The van der Waals surface area contributed by atoms with E-state index in [9.17, 15) is 4.79 Å². The standard InChI is InChI=1S/C11H10N2O2S/c1-15-11(14)6-10-13-9(7-16-10)8-4-2-3-5-12-8/h2-5,7H,6H2,1H3. The fourth-order valence-corrected chi connectivity index (χ4v) is 1.99. The zero-order chi connectivity index (χ0) is 11.4. The van der Waals surface area contributed by atoms with Crippen molar-refractivity contribution in [1.82, 2.24) is 9.97 Å². The minimum atomic E-state index is -0.276. The van der Waals surface area contributed by atoms with Gasteiger partial charge in [0.15, 0.2) is 0 Å². The number of pyridine rings is 1. The summed E-state index contributed by atoms with van der Waals surface area (Å²) < 4.78 is 4.58. The monoisotopic (exact) mass is 234 g/mol. The van der Waals surface area contributed by atoms with E-state index in [2.05, 4.69) is 14.7 Å². The first-order valence-corrected chi connectivity index (χ1v) is 5.60. The number of hydrogen-bond acceptors (Lipinski definition) is 5. The second kappa shape index (κ2) is 4.85. The summed E-state index contributed by atoms with van der Waals surface area (Å²) in [6, 6.07) is 5.64. The fraction of sp³-hybridized carbons (Fsp3) is 0.182. The maximum Gasteiger partial charge on any atom is 0.312 e. The molecule has 0 bridgehead atoms. The summed E-state index contributed by atoms with van der Waals surface area (Å²) in [5.74, 6) is -0.276. The molecule has 0 spiro atoms. The lowest BCUT2D eigenvalue weighted by Crippen LogP contribution is -2.03. The normalized spacial score (nSPS) is 10.1. The molecule has 4 nitrogen and oxygen atoms in total. The van der Waals surface area contributed by atoms with Gasteiger partial charge in [0.1, 0.15) is 5.01 Å². The van der Waals surface area contributed by atoms with Gasteiger partial charge in [-0.1, -0.05) is 6.07 Å². The highest BCUT2D eigenvalue weighted by Gasteiger charge is 2.09. The van der Waals surface area contributed by atoms with Crippen molar-refractivity contribution in [2.75, 3.05) is 7.11 Å². The molecule has 5 heteroatoms. The van der Waals surface area contributed by atoms with Gasteiger partial charge >= 0.3 is 5.97 Å². The van der Waals surface area contributed by atoms with E-state index in [4.69, 9.17) is 0 Å². The fourth-order valence-electron chi connectivity index (χ4n) is 1.22. The van der Waals surface area contributed by atoms with Crippen LogP contribution in [0.5, 0.6) is 0 Å². The molecule has 16 heavy (non-hydrogen) atoms. The molecule has 0 aliphatic rings. The van der Waals surface area contributed by atoms with Crippen LogP contribution in [0, 0.1) is 0 Å². The minimum absolute atomic E-state index is 0.216. The van der Waals surface area contributed by atoms with E-state index in [1.54, 1.807) is 6.20 Å². The van der Waals surface area contributed by atoms with Crippen LogP contribution in [-0.2, 0) is 16.0 Å². The number of ether oxygens (including phenoxy) is 1. The van der Waals surface area contributed by atoms with Crippen molar-refractivity contribution in [1.29, 1.82) is 0 Å². The Morgan fingerprint density at radius 3 is 3.00 bits per heavy atom. The Balaban J connectivity index is 2.17. The molecule has 0 aromatic carbocycles. The smallest absolute Gasteiger partial charge is 0.312 e. The molecule has 82 valence electrons. The summed E-state index contributed by atoms with van der Waals surface area (Å²) in [7, 11) is 1.37. The van der Waals surface area contributed by atoms with Gasteiger partial charge < -0.3 is 4.74 Å². The van der Waals surface area contributed by atoms with E-state index >= 15 is 0 Å². The van der Waals surface area contributed by atoms with Crippen molar-refractivity contribution in [2.24, 2.45) is 0 Å². The molecule has 0 saturated carbocycles. The molecular weight excluding hydrogens is 224 g/mol. The zero-order valence-electron chi connectivity index (χ0n) is 8.71. The van der Waals surface area contributed by atoms with Crippen molar-refractivity contribution in [3.05, 3.63) is 34.8 Å². The van der Waals surface area contributed by atoms with Gasteiger partial charge in [0.05, 0.1) is 24.9 Å². The van der Waals surface area contributed by atoms with Gasteiger partial charge in [-0.15, -0.1) is 11.3 Å². The van der Waals surface area contributed by atoms with E-state index in [1.165, 1.54) is 18.4 Å². The second-order valence-electron chi connectivity index (χ2n) is 3.09. The van der Waals surface area contributed by atoms with Crippen LogP contribution in [0.25, 0.3) is 11.4 Å². The van der Waals surface area contributed by atoms with Crippen LogP contribution < -0.4 is 0 Å². The number of hydrogen-bond donors (Lipinski definition) is 0. The number of carbonyl (C=O) groups is 1. The maximum atomic E-state index is 11.1. The Labute approximate surface area is 96.9 Å². The van der Waals surface area contributed by atoms with E-state index in [0.29, 0.717) is 0 Å². The number of nitrogens with zero attached hydrogens (tertiary/aromatic N) is 2. The number of aromatic nitrogens is 2. The average Bonchev–Trinajstić information content (AvgIpc) is 2.78. The summed E-state index contributed by atoms with van der Waals surface area (Å²) in [4.78, 5) is 19.6. The molecule has 2 heterocycles. The summed E-state index contributed by atoms with van der Waals surface area (Å²) >= 11 is 1.44. The number of methoxy groups -OCH3 is 1. The summed E-state index contributed by atoms with van der Waals surface area (Å²) in [5.41, 5.74) is 1.61. The van der Waals surface area contributed by atoms with Crippen LogP contribution in [0.4, 0.5) is 0 Å². The Hall–Kier alpha value is -1.75. The average molecular weight is 234 g/mol. The molecule has 0 aliphatic carbocycles. The van der Waals surface area contributed by atoms with Crippen LogP contribution in [0.1, 0.15) is 5.01 Å². The van der Waals surface area contributed by atoms with Gasteiger partial charge in [0, 0.05) is 11.6 Å². The molecule has 0 unspecified atom stereocenters. The summed E-state index contributed by atoms with van der Waals surface area (Å²) in [6.45, 7) is 0. The Kier molecular flexibility index (Phi) is 3.26. The summed E-state index contributed by atoms with van der Waals surface area (Å²) in [6.07, 6.45) is 1.93. The lowest BCUT2D eigenvalue weighted by Gasteiger charge is -1.95. The molecule has 2 aromatic heterocycles. The molecule has 0 fully saturated rings. The Morgan fingerprint density at radius 1 is 1.44 bits per heavy atom. The van der Waals surface area contributed by atoms with E-state index in [1.807, 2.05) is 23.6 Å². The third kappa shape index (κ3) is 2.43. The molecule has 2 aromatic rings. The van der Waals surface area contributed by atoms with Gasteiger partial charge in [-0.05, 0) is 12.1 Å². The Bertz CT molecular complexity index is 482. The van der Waals surface area contributed by atoms with E-state index in [-0.39, 0.29) is 12.4 Å². The van der Waals surface area contributed by atoms with E-state index < -0.39 is 0 Å². The molecule has 0 amide bonds. The second-order valence-corrected chi connectivity index (χ2v) is 4.04. The first-order valence-electron chi connectivity index (χ1n) is 4.72. The lowest BCUT2D eigenvalue weighted by atomic mass is 10.3. The van der Waals surface area contributed by atoms with Crippen LogP contribution in [-0.4, -0.2) is 23.0 Å². The van der Waals surface area contributed by atoms with Gasteiger partial charge in [0.2, 0.25) is 0 Å². The first kappa shape index (κ1) is 10.8. The SMILES string of the molecule is COC(=O)Cc1nc(-c2ccccn2)cs1. The van der Waals surface area contributed by atoms with Crippen LogP contribution in [0.2, 0.25) is 0 Å². The largest absolute Gasteiger partial charge is 0.469 e. The third-order valence-electron chi connectivity index (χ3n) is 2.00. The van der Waals surface area contributed by atoms with Crippen molar-refractivity contribution in [2.45, 2.75) is 6.42 Å². The molecule has 0 radical (unpaired) electrons. The molecular formula is C11H10N2O2S. The van der Waals surface area contributed by atoms with Crippen molar-refractivity contribution in [3.63, 3.8) is 0 Å². The van der Waals surface area contributed by atoms with Gasteiger partial charge in [-0.25, -0.2) is 4.98 Å². The van der Waals surface area contributed by atoms with Crippen molar-refractivity contribution < 1.29 is 9.53 Å². The van der Waals surface area contributed by atoms with Gasteiger partial charge in [-0.3, -0.25) is 9.78 Å². The number of carbonyl (C=O) groups excluding carboxylic acids is 1. The quantitative estimate of drug-likeness (QED) is 0.761. The van der Waals surface area contributed by atoms with Gasteiger partial charge in [0.25, 0.3) is 0 Å². The highest BCUT2D eigenvalue weighted by Crippen LogP contribution is 2.19. The first-order chi connectivity index (χ1) is 7.79. The van der Waals surface area contributed by atoms with Crippen molar-refractivity contribution >= 4 is 17.3 Å². The number of rotatable bonds is 3. The maximum absolute atomic E-state index is 11.1. The number of esters is 1. The highest BCUT2D eigenvalue weighted by molar-refractivity contribution is 7.10. The lowest BCUT2D eigenvalue weighted by molar-refractivity contribution is -0.139. The highest BCUT2D eigenvalue weighted by atomic mass is 32.1.